The summed E-state index contributed by atoms with van der Waals surface area (Å²) in [6, 6.07) is 7.63. The summed E-state index contributed by atoms with van der Waals surface area (Å²) in [6.07, 6.45) is 0. The van der Waals surface area contributed by atoms with E-state index in [2.05, 4.69) is 30.7 Å². The Labute approximate surface area is 167 Å². The summed E-state index contributed by atoms with van der Waals surface area (Å²) in [4.78, 5) is 33.1. The average Bonchev–Trinajstić information content (AvgIpc) is 2.92. The molecule has 0 fully saturated rings. The summed E-state index contributed by atoms with van der Waals surface area (Å²) in [7, 11) is 0. The normalized spacial score (nSPS) is 11.6. The van der Waals surface area contributed by atoms with Crippen LogP contribution < -0.4 is 10.3 Å². The molecule has 0 aliphatic rings. The Hall–Kier alpha value is -2.67. The molecule has 3 aromatic rings. The number of rotatable bonds is 5. The second-order valence-electron chi connectivity index (χ2n) is 7.67. The zero-order valence-electron chi connectivity index (χ0n) is 16.7. The Morgan fingerprint density at radius 3 is 2.64 bits per heavy atom. The minimum atomic E-state index is -0.523. The van der Waals surface area contributed by atoms with Crippen molar-refractivity contribution in [1.29, 1.82) is 0 Å². The molecule has 0 bridgehead atoms. The third-order valence-corrected chi connectivity index (χ3v) is 5.60. The van der Waals surface area contributed by atoms with Gasteiger partial charge >= 0.3 is 5.97 Å². The van der Waals surface area contributed by atoms with Crippen molar-refractivity contribution < 1.29 is 14.3 Å². The zero-order valence-corrected chi connectivity index (χ0v) is 17.5. The molecule has 3 rings (SSSR count). The number of H-pyrrole nitrogens is 1. The molecule has 0 atom stereocenters. The molecular weight excluding hydrogens is 376 g/mol. The Bertz CT molecular complexity index is 1080. The highest BCUT2D eigenvalue weighted by Crippen LogP contribution is 2.31. The van der Waals surface area contributed by atoms with Crippen LogP contribution in [0.3, 0.4) is 0 Å². The van der Waals surface area contributed by atoms with Crippen molar-refractivity contribution in [3.63, 3.8) is 0 Å². The number of hydrogen-bond donors (Lipinski definition) is 1. The van der Waals surface area contributed by atoms with E-state index in [0.717, 1.165) is 16.0 Å². The predicted octanol–water partition coefficient (Wildman–Crippen LogP) is 4.02. The number of para-hydroxylation sites is 1. The standard InChI is InChI=1S/C21H24N2O4S/c1-12-13(2)28-20-18(12)19(25)22-16(23-20)10-27-17(24)11-26-15-9-7-6-8-14(15)21(3,4)5/h6-9H,10-11H2,1-5H3,(H,22,23,25). The van der Waals surface area contributed by atoms with Gasteiger partial charge in [0.15, 0.2) is 6.61 Å². The van der Waals surface area contributed by atoms with E-state index in [1.807, 2.05) is 38.1 Å². The molecule has 1 aromatic carbocycles. The number of esters is 1. The van der Waals surface area contributed by atoms with Gasteiger partial charge < -0.3 is 14.5 Å². The minimum absolute atomic E-state index is 0.101. The van der Waals surface area contributed by atoms with E-state index in [-0.39, 0.29) is 24.2 Å². The molecule has 0 amide bonds. The summed E-state index contributed by atoms with van der Waals surface area (Å²) in [6.45, 7) is 9.78. The number of ether oxygens (including phenoxy) is 2. The second kappa shape index (κ2) is 7.75. The molecule has 0 saturated carbocycles. The number of aromatic nitrogens is 2. The monoisotopic (exact) mass is 400 g/mol. The van der Waals surface area contributed by atoms with Crippen LogP contribution >= 0.6 is 11.3 Å². The van der Waals surface area contributed by atoms with Crippen molar-refractivity contribution in [2.45, 2.75) is 46.6 Å². The molecule has 0 aliphatic carbocycles. The molecule has 6 nitrogen and oxygen atoms in total. The number of benzene rings is 1. The third-order valence-electron chi connectivity index (χ3n) is 4.50. The summed E-state index contributed by atoms with van der Waals surface area (Å²) in [5, 5.41) is 0.597. The molecule has 2 aromatic heterocycles. The Balaban J connectivity index is 1.64. The van der Waals surface area contributed by atoms with Gasteiger partial charge in [-0.15, -0.1) is 11.3 Å². The van der Waals surface area contributed by atoms with Gasteiger partial charge in [0.05, 0.1) is 5.39 Å². The third kappa shape index (κ3) is 4.25. The SMILES string of the molecule is Cc1sc2nc(COC(=O)COc3ccccc3C(C)(C)C)[nH]c(=O)c2c1C. The van der Waals surface area contributed by atoms with Crippen molar-refractivity contribution >= 4 is 27.5 Å². The van der Waals surface area contributed by atoms with Crippen LogP contribution in [0.2, 0.25) is 0 Å². The lowest BCUT2D eigenvalue weighted by Gasteiger charge is -2.22. The van der Waals surface area contributed by atoms with Crippen molar-refractivity contribution in [2.24, 2.45) is 0 Å². The maximum Gasteiger partial charge on any atom is 0.344 e. The fourth-order valence-corrected chi connectivity index (χ4v) is 3.96. The smallest absolute Gasteiger partial charge is 0.344 e. The van der Waals surface area contributed by atoms with Crippen molar-refractivity contribution in [2.75, 3.05) is 6.61 Å². The van der Waals surface area contributed by atoms with E-state index in [0.29, 0.717) is 21.8 Å². The van der Waals surface area contributed by atoms with Crippen LogP contribution in [0, 0.1) is 13.8 Å². The van der Waals surface area contributed by atoms with Crippen LogP contribution in [-0.2, 0) is 21.6 Å². The van der Waals surface area contributed by atoms with Crippen molar-refractivity contribution in [1.82, 2.24) is 9.97 Å². The molecule has 0 unspecified atom stereocenters. The lowest BCUT2D eigenvalue weighted by molar-refractivity contribution is -0.147. The van der Waals surface area contributed by atoms with E-state index >= 15 is 0 Å². The molecule has 148 valence electrons. The number of hydrogen-bond acceptors (Lipinski definition) is 6. The van der Waals surface area contributed by atoms with Gasteiger partial charge in [-0.05, 0) is 36.5 Å². The van der Waals surface area contributed by atoms with Crippen LogP contribution in [0.4, 0.5) is 0 Å². The first-order chi connectivity index (χ1) is 13.2. The first-order valence-electron chi connectivity index (χ1n) is 9.03. The summed E-state index contributed by atoms with van der Waals surface area (Å²) in [5.74, 6) is 0.455. The predicted molar refractivity (Wildman–Crippen MR) is 110 cm³/mol. The van der Waals surface area contributed by atoms with Gasteiger partial charge in [-0.25, -0.2) is 9.78 Å². The number of fused-ring (bicyclic) bond motifs is 1. The van der Waals surface area contributed by atoms with Gasteiger partial charge in [-0.2, -0.15) is 0 Å². The maximum atomic E-state index is 12.3. The summed E-state index contributed by atoms with van der Waals surface area (Å²) < 4.78 is 10.9. The topological polar surface area (TPSA) is 81.3 Å². The van der Waals surface area contributed by atoms with Gasteiger partial charge in [-0.1, -0.05) is 39.0 Å². The molecule has 2 heterocycles. The highest BCUT2D eigenvalue weighted by Gasteiger charge is 2.19. The molecule has 0 saturated heterocycles. The largest absolute Gasteiger partial charge is 0.482 e. The molecule has 0 aliphatic heterocycles. The fourth-order valence-electron chi connectivity index (χ4n) is 2.91. The van der Waals surface area contributed by atoms with E-state index in [9.17, 15) is 9.59 Å². The molecular formula is C21H24N2O4S. The lowest BCUT2D eigenvalue weighted by Crippen LogP contribution is -2.19. The Morgan fingerprint density at radius 2 is 1.93 bits per heavy atom. The number of carbonyl (C=O) groups is 1. The fraction of sp³-hybridized carbons (Fsp3) is 0.381. The lowest BCUT2D eigenvalue weighted by atomic mass is 9.86. The van der Waals surface area contributed by atoms with Crippen molar-refractivity contribution in [3.8, 4) is 5.75 Å². The van der Waals surface area contributed by atoms with E-state index in [1.54, 1.807) is 0 Å². The van der Waals surface area contributed by atoms with E-state index in [4.69, 9.17) is 9.47 Å². The molecule has 0 radical (unpaired) electrons. The first kappa shape index (κ1) is 20.1. The number of nitrogens with one attached hydrogen (secondary N) is 1. The quantitative estimate of drug-likeness (QED) is 0.654. The van der Waals surface area contributed by atoms with Gasteiger partial charge in [0.1, 0.15) is 23.0 Å². The second-order valence-corrected chi connectivity index (χ2v) is 8.87. The van der Waals surface area contributed by atoms with E-state index in [1.165, 1.54) is 11.3 Å². The number of nitrogens with zero attached hydrogens (tertiary/aromatic N) is 1. The number of aromatic amines is 1. The van der Waals surface area contributed by atoms with Crippen LogP contribution in [0.25, 0.3) is 10.2 Å². The van der Waals surface area contributed by atoms with E-state index < -0.39 is 5.97 Å². The van der Waals surface area contributed by atoms with Crippen LogP contribution in [-0.4, -0.2) is 22.5 Å². The van der Waals surface area contributed by atoms with Gasteiger partial charge in [0.2, 0.25) is 0 Å². The maximum absolute atomic E-state index is 12.3. The molecule has 1 N–H and O–H groups in total. The van der Waals surface area contributed by atoms with Gasteiger partial charge in [0, 0.05) is 4.88 Å². The molecule has 0 spiro atoms. The van der Waals surface area contributed by atoms with Gasteiger partial charge in [-0.3, -0.25) is 4.79 Å². The first-order valence-corrected chi connectivity index (χ1v) is 9.85. The average molecular weight is 401 g/mol. The molecule has 28 heavy (non-hydrogen) atoms. The minimum Gasteiger partial charge on any atom is -0.482 e. The highest BCUT2D eigenvalue weighted by atomic mass is 32.1. The van der Waals surface area contributed by atoms with Crippen molar-refractivity contribution in [3.05, 3.63) is 56.4 Å². The number of carbonyl (C=O) groups excluding carboxylic acids is 1. The number of aryl methyl sites for hydroxylation is 2. The Kier molecular flexibility index (Phi) is 5.56. The highest BCUT2D eigenvalue weighted by molar-refractivity contribution is 7.18. The summed E-state index contributed by atoms with van der Waals surface area (Å²) >= 11 is 1.46. The molecule has 7 heteroatoms. The van der Waals surface area contributed by atoms with Crippen LogP contribution in [0.1, 0.15) is 42.6 Å². The zero-order chi connectivity index (χ0) is 20.5. The Morgan fingerprint density at radius 1 is 1.21 bits per heavy atom. The van der Waals surface area contributed by atoms with Gasteiger partial charge in [0.25, 0.3) is 5.56 Å². The number of thiophene rings is 1. The van der Waals surface area contributed by atoms with Crippen LogP contribution in [0.5, 0.6) is 5.75 Å². The van der Waals surface area contributed by atoms with Crippen LogP contribution in [0.15, 0.2) is 29.1 Å². The summed E-state index contributed by atoms with van der Waals surface area (Å²) in [5.41, 5.74) is 1.63.